The topological polar surface area (TPSA) is 55.6 Å². The van der Waals surface area contributed by atoms with Gasteiger partial charge in [0, 0.05) is 17.7 Å². The fraction of sp³-hybridized carbons (Fsp3) is 0.222. The lowest BCUT2D eigenvalue weighted by molar-refractivity contribution is 0.810. The third-order valence-corrected chi connectivity index (χ3v) is 3.07. The van der Waals surface area contributed by atoms with Crippen LogP contribution in [0.25, 0.3) is 0 Å². The third kappa shape index (κ3) is 2.59. The van der Waals surface area contributed by atoms with E-state index in [1.165, 1.54) is 0 Å². The van der Waals surface area contributed by atoms with Crippen molar-refractivity contribution in [3.8, 4) is 0 Å². The fourth-order valence-electron chi connectivity index (χ4n) is 1.17. The zero-order valence-corrected chi connectivity index (χ0v) is 11.7. The van der Waals surface area contributed by atoms with Gasteiger partial charge in [-0.3, -0.25) is 0 Å². The molecule has 0 fully saturated rings. The van der Waals surface area contributed by atoms with E-state index in [9.17, 15) is 0 Å². The number of nitrogens with zero attached hydrogens (tertiary/aromatic N) is 4. The molecule has 2 aromatic rings. The molecular weight excluding hydrogens is 338 g/mol. The average Bonchev–Trinajstić information content (AvgIpc) is 2.63. The Morgan fingerprint density at radius 2 is 2.25 bits per heavy atom. The van der Waals surface area contributed by atoms with Crippen LogP contribution < -0.4 is 5.32 Å². The first-order valence-electron chi connectivity index (χ1n) is 4.54. The summed E-state index contributed by atoms with van der Waals surface area (Å²) in [6, 6.07) is 1.94. The predicted octanol–water partition coefficient (Wildman–Crippen LogP) is 2.35. The molecule has 0 aliphatic rings. The van der Waals surface area contributed by atoms with Gasteiger partial charge in [0.05, 0.1) is 11.0 Å². The fourth-order valence-corrected chi connectivity index (χ4v) is 2.30. The van der Waals surface area contributed by atoms with Crippen LogP contribution in [-0.2, 0) is 13.6 Å². The van der Waals surface area contributed by atoms with Crippen molar-refractivity contribution >= 4 is 37.7 Å². The van der Waals surface area contributed by atoms with Crippen LogP contribution in [0.15, 0.2) is 27.5 Å². The molecule has 0 saturated heterocycles. The third-order valence-electron chi connectivity index (χ3n) is 2.03. The molecule has 0 saturated carbocycles. The number of halogens is 2. The van der Waals surface area contributed by atoms with Crippen molar-refractivity contribution in [2.45, 2.75) is 6.54 Å². The van der Waals surface area contributed by atoms with E-state index >= 15 is 0 Å². The maximum absolute atomic E-state index is 4.24. The zero-order valence-electron chi connectivity index (χ0n) is 8.48. The second kappa shape index (κ2) is 4.92. The highest BCUT2D eigenvalue weighted by molar-refractivity contribution is 9.11. The first kappa shape index (κ1) is 11.5. The molecule has 1 N–H and O–H groups in total. The molecule has 0 aliphatic heterocycles. The number of aromatic nitrogens is 4. The van der Waals surface area contributed by atoms with Crippen LogP contribution in [0.3, 0.4) is 0 Å². The maximum Gasteiger partial charge on any atom is 0.151 e. The molecule has 0 aliphatic carbocycles. The highest BCUT2D eigenvalue weighted by atomic mass is 79.9. The molecule has 0 unspecified atom stereocenters. The molecule has 2 heterocycles. The SMILES string of the molecule is Cn1cnnc1CNc1ncc(Br)cc1Br. The Labute approximate surface area is 110 Å². The molecule has 2 rings (SSSR count). The van der Waals surface area contributed by atoms with Crippen LogP contribution in [0.2, 0.25) is 0 Å². The van der Waals surface area contributed by atoms with E-state index in [2.05, 4.69) is 52.4 Å². The number of rotatable bonds is 3. The minimum absolute atomic E-state index is 0.587. The Balaban J connectivity index is 2.08. The van der Waals surface area contributed by atoms with Crippen LogP contribution in [0.5, 0.6) is 0 Å². The summed E-state index contributed by atoms with van der Waals surface area (Å²) >= 11 is 6.78. The van der Waals surface area contributed by atoms with Gasteiger partial charge in [0.15, 0.2) is 5.82 Å². The van der Waals surface area contributed by atoms with Crippen molar-refractivity contribution in [3.63, 3.8) is 0 Å². The summed E-state index contributed by atoms with van der Waals surface area (Å²) in [5, 5.41) is 11.0. The van der Waals surface area contributed by atoms with E-state index in [0.717, 1.165) is 20.6 Å². The van der Waals surface area contributed by atoms with Crippen LogP contribution >= 0.6 is 31.9 Å². The van der Waals surface area contributed by atoms with Crippen molar-refractivity contribution in [3.05, 3.63) is 33.4 Å². The van der Waals surface area contributed by atoms with Crippen LogP contribution in [0, 0.1) is 0 Å². The highest BCUT2D eigenvalue weighted by Crippen LogP contribution is 2.23. The first-order valence-corrected chi connectivity index (χ1v) is 6.13. The number of hydrogen-bond acceptors (Lipinski definition) is 4. The molecule has 7 heteroatoms. The summed E-state index contributed by atoms with van der Waals surface area (Å²) in [7, 11) is 1.90. The van der Waals surface area contributed by atoms with Gasteiger partial charge < -0.3 is 9.88 Å². The van der Waals surface area contributed by atoms with Gasteiger partial charge in [-0.25, -0.2) is 4.98 Å². The smallest absolute Gasteiger partial charge is 0.151 e. The van der Waals surface area contributed by atoms with E-state index in [4.69, 9.17) is 0 Å². The summed E-state index contributed by atoms with van der Waals surface area (Å²) in [6.45, 7) is 0.587. The minimum atomic E-state index is 0.587. The summed E-state index contributed by atoms with van der Waals surface area (Å²) in [6.07, 6.45) is 3.41. The second-order valence-electron chi connectivity index (χ2n) is 3.20. The van der Waals surface area contributed by atoms with Crippen molar-refractivity contribution in [1.82, 2.24) is 19.7 Å². The number of anilines is 1. The van der Waals surface area contributed by atoms with Gasteiger partial charge in [0.25, 0.3) is 0 Å². The predicted molar refractivity (Wildman–Crippen MR) is 68.0 cm³/mol. The summed E-state index contributed by atoms with van der Waals surface area (Å²) in [5.74, 6) is 1.64. The van der Waals surface area contributed by atoms with Crippen LogP contribution in [0.4, 0.5) is 5.82 Å². The second-order valence-corrected chi connectivity index (χ2v) is 4.97. The number of nitrogens with one attached hydrogen (secondary N) is 1. The van der Waals surface area contributed by atoms with Crippen LogP contribution in [0.1, 0.15) is 5.82 Å². The molecule has 0 spiro atoms. The molecule has 0 atom stereocenters. The summed E-state index contributed by atoms with van der Waals surface area (Å²) in [5.41, 5.74) is 0. The molecule has 0 bridgehead atoms. The molecule has 2 aromatic heterocycles. The lowest BCUT2D eigenvalue weighted by Gasteiger charge is -2.06. The maximum atomic E-state index is 4.24. The van der Waals surface area contributed by atoms with Crippen molar-refractivity contribution in [2.75, 3.05) is 5.32 Å². The molecule has 16 heavy (non-hydrogen) atoms. The van der Waals surface area contributed by atoms with Gasteiger partial charge in [-0.05, 0) is 37.9 Å². The molecule has 0 radical (unpaired) electrons. The molecular formula is C9H9Br2N5. The Morgan fingerprint density at radius 1 is 1.44 bits per heavy atom. The molecule has 0 amide bonds. The van der Waals surface area contributed by atoms with Gasteiger partial charge in [0.2, 0.25) is 0 Å². The number of aryl methyl sites for hydroxylation is 1. The van der Waals surface area contributed by atoms with E-state index in [0.29, 0.717) is 6.54 Å². The van der Waals surface area contributed by atoms with Crippen molar-refractivity contribution in [1.29, 1.82) is 0 Å². The molecule has 0 aromatic carbocycles. The molecule has 5 nitrogen and oxygen atoms in total. The minimum Gasteiger partial charge on any atom is -0.362 e. The summed E-state index contributed by atoms with van der Waals surface area (Å²) in [4.78, 5) is 4.24. The largest absolute Gasteiger partial charge is 0.362 e. The molecule has 84 valence electrons. The van der Waals surface area contributed by atoms with Crippen LogP contribution in [-0.4, -0.2) is 19.7 Å². The number of pyridine rings is 1. The Bertz CT molecular complexity index is 496. The van der Waals surface area contributed by atoms with E-state index in [-0.39, 0.29) is 0 Å². The van der Waals surface area contributed by atoms with Gasteiger partial charge in [0.1, 0.15) is 12.1 Å². The van der Waals surface area contributed by atoms with E-state index in [1.807, 2.05) is 17.7 Å². The Hall–Kier alpha value is -0.950. The quantitative estimate of drug-likeness (QED) is 0.926. The monoisotopic (exact) mass is 345 g/mol. The normalized spacial score (nSPS) is 10.4. The van der Waals surface area contributed by atoms with Crippen molar-refractivity contribution < 1.29 is 0 Å². The Kier molecular flexibility index (Phi) is 3.55. The van der Waals surface area contributed by atoms with Crippen molar-refractivity contribution in [2.24, 2.45) is 7.05 Å². The van der Waals surface area contributed by atoms with Gasteiger partial charge in [-0.1, -0.05) is 0 Å². The lowest BCUT2D eigenvalue weighted by Crippen LogP contribution is -2.07. The van der Waals surface area contributed by atoms with E-state index < -0.39 is 0 Å². The number of hydrogen-bond donors (Lipinski definition) is 1. The first-order chi connectivity index (χ1) is 7.66. The highest BCUT2D eigenvalue weighted by Gasteiger charge is 2.04. The lowest BCUT2D eigenvalue weighted by atomic mass is 10.4. The van der Waals surface area contributed by atoms with E-state index in [1.54, 1.807) is 12.5 Å². The summed E-state index contributed by atoms with van der Waals surface area (Å²) < 4.78 is 3.70. The Morgan fingerprint density at radius 3 is 2.88 bits per heavy atom. The van der Waals surface area contributed by atoms with Gasteiger partial charge >= 0.3 is 0 Å². The van der Waals surface area contributed by atoms with Gasteiger partial charge in [-0.2, -0.15) is 0 Å². The van der Waals surface area contributed by atoms with Gasteiger partial charge in [-0.15, -0.1) is 10.2 Å². The average molecular weight is 347 g/mol. The standard InChI is InChI=1S/C9H9Br2N5/c1-16-5-14-15-8(16)4-13-9-7(11)2-6(10)3-12-9/h2-3,5H,4H2,1H3,(H,12,13). The zero-order chi connectivity index (χ0) is 11.5.